The van der Waals surface area contributed by atoms with E-state index >= 15 is 0 Å². The third kappa shape index (κ3) is 5.64. The van der Waals surface area contributed by atoms with Crippen molar-refractivity contribution in [1.82, 2.24) is 4.98 Å². The van der Waals surface area contributed by atoms with Gasteiger partial charge in [0.25, 0.3) is 0 Å². The number of nitrogens with zero attached hydrogens (tertiary/aromatic N) is 1. The van der Waals surface area contributed by atoms with Crippen LogP contribution < -0.4 is 10.6 Å². The standard InChI is InChI=1S/C28H21N3O4/c1-35-27(33)23-11-5-9-21(26(23)20-7-3-2-4-8-20)14-12-19-13-15-24(25(32)17-19)31-28(34)30-22-10-6-16-29-18-22/h2-11,13,15-18,32H,1H3,(H2,30,31,34). The Balaban J connectivity index is 1.59. The van der Waals surface area contributed by atoms with Crippen molar-refractivity contribution in [2.75, 3.05) is 17.7 Å². The van der Waals surface area contributed by atoms with E-state index in [1.807, 2.05) is 36.4 Å². The topological polar surface area (TPSA) is 101 Å². The molecule has 3 N–H and O–H groups in total. The van der Waals surface area contributed by atoms with Gasteiger partial charge < -0.3 is 20.5 Å². The van der Waals surface area contributed by atoms with E-state index in [0.29, 0.717) is 27.9 Å². The maximum atomic E-state index is 12.4. The number of phenolic OH excluding ortho intramolecular Hbond substituents is 1. The Bertz CT molecular complexity index is 1430. The Morgan fingerprint density at radius 3 is 2.46 bits per heavy atom. The van der Waals surface area contributed by atoms with Crippen LogP contribution in [0.5, 0.6) is 5.75 Å². The van der Waals surface area contributed by atoms with E-state index in [9.17, 15) is 14.7 Å². The molecule has 1 aromatic heterocycles. The van der Waals surface area contributed by atoms with Crippen LogP contribution in [0.2, 0.25) is 0 Å². The van der Waals surface area contributed by atoms with Crippen molar-refractivity contribution in [3.63, 3.8) is 0 Å². The molecule has 4 aromatic rings. The van der Waals surface area contributed by atoms with Crippen molar-refractivity contribution in [2.45, 2.75) is 0 Å². The number of aromatic hydroxyl groups is 1. The van der Waals surface area contributed by atoms with E-state index in [4.69, 9.17) is 4.74 Å². The molecule has 35 heavy (non-hydrogen) atoms. The second-order valence-corrected chi connectivity index (χ2v) is 7.39. The quantitative estimate of drug-likeness (QED) is 0.217. The van der Waals surface area contributed by atoms with Crippen molar-refractivity contribution in [1.29, 1.82) is 0 Å². The molecule has 0 fully saturated rings. The highest BCUT2D eigenvalue weighted by molar-refractivity contribution is 6.01. The zero-order valence-electron chi connectivity index (χ0n) is 18.8. The highest BCUT2D eigenvalue weighted by Gasteiger charge is 2.16. The number of aromatic nitrogens is 1. The van der Waals surface area contributed by atoms with Gasteiger partial charge in [0.1, 0.15) is 5.75 Å². The van der Waals surface area contributed by atoms with Crippen molar-refractivity contribution in [2.24, 2.45) is 0 Å². The second-order valence-electron chi connectivity index (χ2n) is 7.39. The minimum atomic E-state index is -0.515. The number of hydrogen-bond donors (Lipinski definition) is 3. The number of ether oxygens (including phenoxy) is 1. The molecule has 4 rings (SSSR count). The number of methoxy groups -OCH3 is 1. The molecular formula is C28H21N3O4. The van der Waals surface area contributed by atoms with E-state index in [2.05, 4.69) is 27.5 Å². The fraction of sp³-hybridized carbons (Fsp3) is 0.0357. The summed E-state index contributed by atoms with van der Waals surface area (Å²) < 4.78 is 4.95. The zero-order chi connectivity index (χ0) is 24.6. The first kappa shape index (κ1) is 23.1. The summed E-state index contributed by atoms with van der Waals surface area (Å²) >= 11 is 0. The van der Waals surface area contributed by atoms with Gasteiger partial charge in [0.05, 0.1) is 30.2 Å². The van der Waals surface area contributed by atoms with Gasteiger partial charge in [-0.25, -0.2) is 9.59 Å². The number of carbonyl (C=O) groups is 2. The maximum absolute atomic E-state index is 12.4. The van der Waals surface area contributed by atoms with Gasteiger partial charge >= 0.3 is 12.0 Å². The molecule has 0 atom stereocenters. The summed E-state index contributed by atoms with van der Waals surface area (Å²) in [5, 5.41) is 15.6. The van der Waals surface area contributed by atoms with Gasteiger partial charge in [-0.2, -0.15) is 0 Å². The zero-order valence-corrected chi connectivity index (χ0v) is 18.8. The fourth-order valence-corrected chi connectivity index (χ4v) is 3.43. The summed E-state index contributed by atoms with van der Waals surface area (Å²) in [6.07, 6.45) is 3.11. The summed E-state index contributed by atoms with van der Waals surface area (Å²) in [6.45, 7) is 0. The largest absolute Gasteiger partial charge is 0.506 e. The Kier molecular flexibility index (Phi) is 7.05. The van der Waals surface area contributed by atoms with Gasteiger partial charge in [0, 0.05) is 22.9 Å². The molecule has 1 heterocycles. The fourth-order valence-electron chi connectivity index (χ4n) is 3.43. The van der Waals surface area contributed by atoms with E-state index in [1.54, 1.807) is 42.6 Å². The van der Waals surface area contributed by atoms with Gasteiger partial charge in [-0.3, -0.25) is 4.98 Å². The number of pyridine rings is 1. The number of benzene rings is 3. The van der Waals surface area contributed by atoms with E-state index < -0.39 is 12.0 Å². The molecule has 3 aromatic carbocycles. The molecule has 0 bridgehead atoms. The van der Waals surface area contributed by atoms with Crippen molar-refractivity contribution >= 4 is 23.4 Å². The molecule has 172 valence electrons. The summed E-state index contributed by atoms with van der Waals surface area (Å²) in [5.74, 6) is 5.52. The molecule has 0 spiro atoms. The highest BCUT2D eigenvalue weighted by atomic mass is 16.5. The lowest BCUT2D eigenvalue weighted by Gasteiger charge is -2.11. The molecule has 7 heteroatoms. The van der Waals surface area contributed by atoms with Gasteiger partial charge in [0.2, 0.25) is 0 Å². The number of nitrogens with one attached hydrogen (secondary N) is 2. The van der Waals surface area contributed by atoms with Crippen LogP contribution in [0.25, 0.3) is 11.1 Å². The number of urea groups is 1. The van der Waals surface area contributed by atoms with Crippen molar-refractivity contribution in [3.8, 4) is 28.7 Å². The summed E-state index contributed by atoms with van der Waals surface area (Å²) in [6, 6.07) is 22.3. The minimum absolute atomic E-state index is 0.135. The van der Waals surface area contributed by atoms with Crippen LogP contribution in [0.4, 0.5) is 16.2 Å². The van der Waals surface area contributed by atoms with Crippen LogP contribution in [-0.2, 0) is 4.74 Å². The Morgan fingerprint density at radius 2 is 1.74 bits per heavy atom. The predicted molar refractivity (Wildman–Crippen MR) is 134 cm³/mol. The summed E-state index contributed by atoms with van der Waals surface area (Å²) in [5.41, 5.74) is 3.83. The van der Waals surface area contributed by atoms with E-state index in [0.717, 1.165) is 5.56 Å². The molecule has 2 amide bonds. The first-order valence-electron chi connectivity index (χ1n) is 10.6. The Hall–Kier alpha value is -5.09. The number of amides is 2. The second kappa shape index (κ2) is 10.7. The van der Waals surface area contributed by atoms with E-state index in [1.165, 1.54) is 19.4 Å². The molecule has 0 aliphatic rings. The number of esters is 1. The van der Waals surface area contributed by atoms with Gasteiger partial charge in [0.15, 0.2) is 0 Å². The smallest absolute Gasteiger partial charge is 0.338 e. The molecule has 0 unspecified atom stereocenters. The maximum Gasteiger partial charge on any atom is 0.338 e. The SMILES string of the molecule is COC(=O)c1cccc(C#Cc2ccc(NC(=O)Nc3cccnc3)c(O)c2)c1-c1ccccc1. The monoisotopic (exact) mass is 463 g/mol. The predicted octanol–water partition coefficient (Wildman–Crippen LogP) is 5.28. The third-order valence-corrected chi connectivity index (χ3v) is 5.04. The van der Waals surface area contributed by atoms with Gasteiger partial charge in [-0.15, -0.1) is 0 Å². The molecule has 7 nitrogen and oxygen atoms in total. The normalized spacial score (nSPS) is 9.97. The van der Waals surface area contributed by atoms with Crippen LogP contribution in [0.1, 0.15) is 21.5 Å². The number of hydrogen-bond acceptors (Lipinski definition) is 5. The first-order chi connectivity index (χ1) is 17.0. The third-order valence-electron chi connectivity index (χ3n) is 5.04. The molecule has 0 saturated carbocycles. The molecular weight excluding hydrogens is 442 g/mol. The molecule has 0 saturated heterocycles. The molecule has 0 aliphatic carbocycles. The van der Waals surface area contributed by atoms with Crippen LogP contribution >= 0.6 is 0 Å². The Labute approximate surface area is 202 Å². The van der Waals surface area contributed by atoms with Gasteiger partial charge in [-0.1, -0.05) is 48.2 Å². The molecule has 0 aliphatic heterocycles. The van der Waals surface area contributed by atoms with Crippen LogP contribution in [-0.4, -0.2) is 29.2 Å². The lowest BCUT2D eigenvalue weighted by atomic mass is 9.94. The summed E-state index contributed by atoms with van der Waals surface area (Å²) in [7, 11) is 1.34. The van der Waals surface area contributed by atoms with Crippen LogP contribution in [0.3, 0.4) is 0 Å². The van der Waals surface area contributed by atoms with Crippen molar-refractivity contribution < 1.29 is 19.4 Å². The number of phenols is 1. The Morgan fingerprint density at radius 1 is 0.914 bits per heavy atom. The van der Waals surface area contributed by atoms with Crippen LogP contribution in [0, 0.1) is 11.8 Å². The number of anilines is 2. The highest BCUT2D eigenvalue weighted by Crippen LogP contribution is 2.29. The number of rotatable bonds is 4. The lowest BCUT2D eigenvalue weighted by Crippen LogP contribution is -2.19. The lowest BCUT2D eigenvalue weighted by molar-refractivity contribution is 0.0601. The average molecular weight is 463 g/mol. The average Bonchev–Trinajstić information content (AvgIpc) is 2.89. The van der Waals surface area contributed by atoms with Crippen LogP contribution in [0.15, 0.2) is 91.3 Å². The molecule has 0 radical (unpaired) electrons. The van der Waals surface area contributed by atoms with E-state index in [-0.39, 0.29) is 11.4 Å². The summed E-state index contributed by atoms with van der Waals surface area (Å²) in [4.78, 5) is 28.5. The number of carbonyl (C=O) groups excluding carboxylic acids is 2. The minimum Gasteiger partial charge on any atom is -0.506 e. The van der Waals surface area contributed by atoms with Crippen molar-refractivity contribution in [3.05, 3.63) is 108 Å². The van der Waals surface area contributed by atoms with Gasteiger partial charge in [-0.05, 0) is 48.0 Å². The first-order valence-corrected chi connectivity index (χ1v) is 10.6.